The number of hydrogen-bond donors (Lipinski definition) is 1. The molecule has 2 aromatic heterocycles. The zero-order valence-corrected chi connectivity index (χ0v) is 10.3. The largest absolute Gasteiger partial charge is 0.323 e. The molecule has 0 aliphatic heterocycles. The fourth-order valence-electron chi connectivity index (χ4n) is 1.64. The molecular formula is C12H15N3S. The van der Waals surface area contributed by atoms with E-state index in [1.54, 1.807) is 17.5 Å². The third kappa shape index (κ3) is 2.46. The number of pyridine rings is 1. The molecule has 0 saturated heterocycles. The lowest BCUT2D eigenvalue weighted by atomic mass is 10.2. The lowest BCUT2D eigenvalue weighted by Gasteiger charge is -1.99. The Morgan fingerprint density at radius 1 is 1.50 bits per heavy atom. The molecule has 0 aromatic carbocycles. The summed E-state index contributed by atoms with van der Waals surface area (Å²) in [5, 5.41) is 1.11. The first-order valence-electron chi connectivity index (χ1n) is 5.27. The Kier molecular flexibility index (Phi) is 3.31. The quantitative estimate of drug-likeness (QED) is 0.886. The van der Waals surface area contributed by atoms with Crippen molar-refractivity contribution in [3.8, 4) is 0 Å². The van der Waals surface area contributed by atoms with Crippen LogP contribution in [0, 0.1) is 6.92 Å². The summed E-state index contributed by atoms with van der Waals surface area (Å²) in [4.78, 5) is 9.81. The Balaban J connectivity index is 2.20. The number of thiazole rings is 1. The van der Waals surface area contributed by atoms with Gasteiger partial charge in [-0.3, -0.25) is 4.98 Å². The molecule has 0 bridgehead atoms. The van der Waals surface area contributed by atoms with Gasteiger partial charge in [0.15, 0.2) is 0 Å². The Labute approximate surface area is 99.4 Å². The van der Waals surface area contributed by atoms with Gasteiger partial charge in [0.1, 0.15) is 0 Å². The fraction of sp³-hybridized carbons (Fsp3) is 0.333. The Morgan fingerprint density at radius 2 is 2.31 bits per heavy atom. The maximum Gasteiger partial charge on any atom is 0.0976 e. The van der Waals surface area contributed by atoms with E-state index in [0.29, 0.717) is 0 Å². The SMILES string of the molecule is Cc1nc(Cc2cccnc2)sc1C(C)N. The summed E-state index contributed by atoms with van der Waals surface area (Å²) < 4.78 is 0. The number of rotatable bonds is 3. The first-order valence-corrected chi connectivity index (χ1v) is 6.09. The molecule has 2 aromatic rings. The summed E-state index contributed by atoms with van der Waals surface area (Å²) in [7, 11) is 0. The molecule has 2 heterocycles. The molecule has 0 saturated carbocycles. The van der Waals surface area contributed by atoms with Gasteiger partial charge in [-0.1, -0.05) is 6.07 Å². The highest BCUT2D eigenvalue weighted by Gasteiger charge is 2.11. The lowest BCUT2D eigenvalue weighted by Crippen LogP contribution is -2.03. The maximum atomic E-state index is 5.88. The Hall–Kier alpha value is -1.26. The number of aryl methyl sites for hydroxylation is 1. The summed E-state index contributed by atoms with van der Waals surface area (Å²) in [6.45, 7) is 4.01. The molecule has 4 heteroatoms. The second-order valence-corrected chi connectivity index (χ2v) is 5.00. The fourth-order valence-corrected chi connectivity index (χ4v) is 2.70. The highest BCUT2D eigenvalue weighted by atomic mass is 32.1. The van der Waals surface area contributed by atoms with Gasteiger partial charge in [-0.2, -0.15) is 0 Å². The van der Waals surface area contributed by atoms with E-state index in [-0.39, 0.29) is 6.04 Å². The van der Waals surface area contributed by atoms with Gasteiger partial charge in [0, 0.05) is 29.7 Å². The number of nitrogens with two attached hydrogens (primary N) is 1. The van der Waals surface area contributed by atoms with Gasteiger partial charge >= 0.3 is 0 Å². The van der Waals surface area contributed by atoms with Gasteiger partial charge < -0.3 is 5.73 Å². The zero-order valence-electron chi connectivity index (χ0n) is 9.47. The van der Waals surface area contributed by atoms with Gasteiger partial charge in [0.25, 0.3) is 0 Å². The molecule has 1 unspecified atom stereocenters. The minimum atomic E-state index is 0.0696. The van der Waals surface area contributed by atoms with Crippen molar-refractivity contribution in [1.29, 1.82) is 0 Å². The molecule has 0 aliphatic rings. The molecule has 1 atom stereocenters. The number of nitrogens with zero attached hydrogens (tertiary/aromatic N) is 2. The summed E-state index contributed by atoms with van der Waals surface area (Å²) in [5.41, 5.74) is 8.12. The number of hydrogen-bond acceptors (Lipinski definition) is 4. The summed E-state index contributed by atoms with van der Waals surface area (Å²) >= 11 is 1.70. The van der Waals surface area contributed by atoms with E-state index in [4.69, 9.17) is 5.73 Å². The normalized spacial score (nSPS) is 12.7. The predicted molar refractivity (Wildman–Crippen MR) is 66.5 cm³/mol. The summed E-state index contributed by atoms with van der Waals surface area (Å²) in [5.74, 6) is 0. The monoisotopic (exact) mass is 233 g/mol. The van der Waals surface area contributed by atoms with Crippen molar-refractivity contribution >= 4 is 11.3 Å². The van der Waals surface area contributed by atoms with Gasteiger partial charge in [0.05, 0.1) is 10.7 Å². The summed E-state index contributed by atoms with van der Waals surface area (Å²) in [6.07, 6.45) is 4.50. The molecule has 84 valence electrons. The minimum absolute atomic E-state index is 0.0696. The molecule has 0 amide bonds. The van der Waals surface area contributed by atoms with Crippen LogP contribution in [0.25, 0.3) is 0 Å². The van der Waals surface area contributed by atoms with Gasteiger partial charge in [0.2, 0.25) is 0 Å². The van der Waals surface area contributed by atoms with Gasteiger partial charge in [-0.25, -0.2) is 4.98 Å². The van der Waals surface area contributed by atoms with Crippen molar-refractivity contribution < 1.29 is 0 Å². The molecule has 2 N–H and O–H groups in total. The Bertz CT molecular complexity index is 462. The lowest BCUT2D eigenvalue weighted by molar-refractivity contribution is 0.825. The highest BCUT2D eigenvalue weighted by Crippen LogP contribution is 2.24. The third-order valence-corrected chi connectivity index (χ3v) is 3.73. The van der Waals surface area contributed by atoms with Crippen molar-refractivity contribution in [1.82, 2.24) is 9.97 Å². The predicted octanol–water partition coefficient (Wildman–Crippen LogP) is 2.46. The molecule has 0 fully saturated rings. The van der Waals surface area contributed by atoms with Crippen molar-refractivity contribution in [3.05, 3.63) is 45.7 Å². The van der Waals surface area contributed by atoms with Crippen LogP contribution in [0.1, 0.15) is 34.1 Å². The van der Waals surface area contributed by atoms with Crippen LogP contribution in [0.15, 0.2) is 24.5 Å². The Morgan fingerprint density at radius 3 is 2.88 bits per heavy atom. The van der Waals surface area contributed by atoms with Crippen molar-refractivity contribution in [3.63, 3.8) is 0 Å². The van der Waals surface area contributed by atoms with Crippen LogP contribution in [-0.2, 0) is 6.42 Å². The van der Waals surface area contributed by atoms with Crippen molar-refractivity contribution in [2.75, 3.05) is 0 Å². The van der Waals surface area contributed by atoms with Crippen LogP contribution < -0.4 is 5.73 Å². The minimum Gasteiger partial charge on any atom is -0.323 e. The second kappa shape index (κ2) is 4.72. The van der Waals surface area contributed by atoms with Crippen molar-refractivity contribution in [2.45, 2.75) is 26.3 Å². The van der Waals surface area contributed by atoms with E-state index in [0.717, 1.165) is 17.1 Å². The average Bonchev–Trinajstić information content (AvgIpc) is 2.61. The van der Waals surface area contributed by atoms with Gasteiger partial charge in [-0.15, -0.1) is 11.3 Å². The van der Waals surface area contributed by atoms with E-state index in [1.165, 1.54) is 10.4 Å². The highest BCUT2D eigenvalue weighted by molar-refractivity contribution is 7.11. The van der Waals surface area contributed by atoms with E-state index in [1.807, 2.05) is 26.1 Å². The van der Waals surface area contributed by atoms with Gasteiger partial charge in [-0.05, 0) is 25.5 Å². The van der Waals surface area contributed by atoms with Crippen molar-refractivity contribution in [2.24, 2.45) is 5.73 Å². The third-order valence-electron chi connectivity index (χ3n) is 2.37. The van der Waals surface area contributed by atoms with Crippen LogP contribution in [0.5, 0.6) is 0 Å². The van der Waals surface area contributed by atoms with Crippen LogP contribution in [0.2, 0.25) is 0 Å². The van der Waals surface area contributed by atoms with Crippen LogP contribution in [0.3, 0.4) is 0 Å². The van der Waals surface area contributed by atoms with E-state index < -0.39 is 0 Å². The molecule has 0 radical (unpaired) electrons. The molecule has 2 rings (SSSR count). The number of aromatic nitrogens is 2. The maximum absolute atomic E-state index is 5.88. The van der Waals surface area contributed by atoms with Crippen LogP contribution in [0.4, 0.5) is 0 Å². The first kappa shape index (κ1) is 11.2. The van der Waals surface area contributed by atoms with E-state index >= 15 is 0 Å². The zero-order chi connectivity index (χ0) is 11.5. The topological polar surface area (TPSA) is 51.8 Å². The smallest absolute Gasteiger partial charge is 0.0976 e. The molecule has 16 heavy (non-hydrogen) atoms. The van der Waals surface area contributed by atoms with E-state index in [2.05, 4.69) is 16.0 Å². The molecule has 3 nitrogen and oxygen atoms in total. The average molecular weight is 233 g/mol. The first-order chi connectivity index (χ1) is 7.66. The summed E-state index contributed by atoms with van der Waals surface area (Å²) in [6, 6.07) is 4.08. The molecule has 0 aliphatic carbocycles. The molecular weight excluding hydrogens is 218 g/mol. The van der Waals surface area contributed by atoms with Crippen LogP contribution >= 0.6 is 11.3 Å². The van der Waals surface area contributed by atoms with Crippen LogP contribution in [-0.4, -0.2) is 9.97 Å². The van der Waals surface area contributed by atoms with E-state index in [9.17, 15) is 0 Å². The second-order valence-electron chi connectivity index (χ2n) is 3.88. The standard InChI is InChI=1S/C12H15N3S/c1-8(13)12-9(2)15-11(16-12)6-10-4-3-5-14-7-10/h3-5,7-8H,6,13H2,1-2H3. The molecule has 0 spiro atoms.